The first-order valence-corrected chi connectivity index (χ1v) is 7.55. The molecule has 0 fully saturated rings. The van der Waals surface area contributed by atoms with Crippen LogP contribution >= 0.6 is 15.9 Å². The molecule has 0 saturated heterocycles. The van der Waals surface area contributed by atoms with Gasteiger partial charge in [0.1, 0.15) is 0 Å². The SMILES string of the molecule is CCN(CC)C(=O)CCn1c(N)nc2ccc(Br)cc21. The van der Waals surface area contributed by atoms with Gasteiger partial charge in [-0.05, 0) is 32.0 Å². The van der Waals surface area contributed by atoms with Gasteiger partial charge < -0.3 is 15.2 Å². The third kappa shape index (κ3) is 2.95. The van der Waals surface area contributed by atoms with Gasteiger partial charge in [0.25, 0.3) is 0 Å². The van der Waals surface area contributed by atoms with Crippen molar-refractivity contribution < 1.29 is 4.79 Å². The van der Waals surface area contributed by atoms with Crippen LogP contribution < -0.4 is 5.73 Å². The lowest BCUT2D eigenvalue weighted by atomic mass is 10.3. The van der Waals surface area contributed by atoms with Crippen molar-refractivity contribution in [2.75, 3.05) is 18.8 Å². The summed E-state index contributed by atoms with van der Waals surface area (Å²) in [6.45, 7) is 6.00. The number of nitrogens with zero attached hydrogens (tertiary/aromatic N) is 3. The van der Waals surface area contributed by atoms with Crippen molar-refractivity contribution in [3.05, 3.63) is 22.7 Å². The van der Waals surface area contributed by atoms with Gasteiger partial charge in [-0.25, -0.2) is 4.98 Å². The second-order valence-electron chi connectivity index (χ2n) is 4.57. The Labute approximate surface area is 126 Å². The molecule has 1 aromatic carbocycles. The lowest BCUT2D eigenvalue weighted by molar-refractivity contribution is -0.131. The number of fused-ring (bicyclic) bond motifs is 1. The molecule has 2 rings (SSSR count). The molecule has 2 N–H and O–H groups in total. The molecule has 0 aliphatic heterocycles. The van der Waals surface area contributed by atoms with E-state index in [1.165, 1.54) is 0 Å². The molecule has 6 heteroatoms. The molecule has 20 heavy (non-hydrogen) atoms. The summed E-state index contributed by atoms with van der Waals surface area (Å²) >= 11 is 3.44. The zero-order valence-electron chi connectivity index (χ0n) is 11.8. The highest BCUT2D eigenvalue weighted by Gasteiger charge is 2.13. The second-order valence-corrected chi connectivity index (χ2v) is 5.49. The molecule has 1 heterocycles. The number of aryl methyl sites for hydroxylation is 1. The van der Waals surface area contributed by atoms with Crippen LogP contribution in [-0.4, -0.2) is 33.4 Å². The van der Waals surface area contributed by atoms with Gasteiger partial charge in [-0.15, -0.1) is 0 Å². The van der Waals surface area contributed by atoms with Crippen LogP contribution in [0, 0.1) is 0 Å². The predicted octanol–water partition coefficient (Wildman–Crippen LogP) is 2.64. The molecule has 2 aromatic rings. The first-order valence-electron chi connectivity index (χ1n) is 6.75. The molecular formula is C14H19BrN4O. The Morgan fingerprint density at radius 1 is 1.40 bits per heavy atom. The summed E-state index contributed by atoms with van der Waals surface area (Å²) in [7, 11) is 0. The zero-order valence-corrected chi connectivity index (χ0v) is 13.4. The van der Waals surface area contributed by atoms with Crippen LogP contribution in [-0.2, 0) is 11.3 Å². The number of carbonyl (C=O) groups excluding carboxylic acids is 1. The van der Waals surface area contributed by atoms with Crippen LogP contribution in [0.25, 0.3) is 11.0 Å². The molecule has 0 aliphatic carbocycles. The van der Waals surface area contributed by atoms with E-state index < -0.39 is 0 Å². The highest BCUT2D eigenvalue weighted by Crippen LogP contribution is 2.22. The quantitative estimate of drug-likeness (QED) is 0.911. The average Bonchev–Trinajstić information content (AvgIpc) is 2.73. The highest BCUT2D eigenvalue weighted by atomic mass is 79.9. The van der Waals surface area contributed by atoms with Crippen LogP contribution in [0.15, 0.2) is 22.7 Å². The summed E-state index contributed by atoms with van der Waals surface area (Å²) in [5.74, 6) is 0.594. The van der Waals surface area contributed by atoms with E-state index in [0.29, 0.717) is 18.9 Å². The lowest BCUT2D eigenvalue weighted by Crippen LogP contribution is -2.31. The Kier molecular flexibility index (Phi) is 4.65. The Hall–Kier alpha value is -1.56. The lowest BCUT2D eigenvalue weighted by Gasteiger charge is -2.18. The highest BCUT2D eigenvalue weighted by molar-refractivity contribution is 9.10. The molecule has 108 valence electrons. The number of aromatic nitrogens is 2. The van der Waals surface area contributed by atoms with E-state index in [-0.39, 0.29) is 5.91 Å². The monoisotopic (exact) mass is 338 g/mol. The van der Waals surface area contributed by atoms with Crippen LogP contribution in [0.1, 0.15) is 20.3 Å². The third-order valence-corrected chi connectivity index (χ3v) is 3.90. The minimum atomic E-state index is 0.145. The first kappa shape index (κ1) is 14.8. The molecule has 1 amide bonds. The van der Waals surface area contributed by atoms with E-state index in [2.05, 4.69) is 20.9 Å². The number of imidazole rings is 1. The van der Waals surface area contributed by atoms with Crippen molar-refractivity contribution in [3.8, 4) is 0 Å². The third-order valence-electron chi connectivity index (χ3n) is 3.41. The van der Waals surface area contributed by atoms with E-state index in [1.807, 2.05) is 41.5 Å². The van der Waals surface area contributed by atoms with Crippen molar-refractivity contribution in [2.24, 2.45) is 0 Å². The van der Waals surface area contributed by atoms with Crippen molar-refractivity contribution in [3.63, 3.8) is 0 Å². The van der Waals surface area contributed by atoms with Crippen molar-refractivity contribution in [1.82, 2.24) is 14.5 Å². The van der Waals surface area contributed by atoms with E-state index in [9.17, 15) is 4.79 Å². The summed E-state index contributed by atoms with van der Waals surface area (Å²) in [5.41, 5.74) is 7.74. The van der Waals surface area contributed by atoms with E-state index in [1.54, 1.807) is 0 Å². The molecular weight excluding hydrogens is 320 g/mol. The maximum Gasteiger partial charge on any atom is 0.224 e. The fraction of sp³-hybridized carbons (Fsp3) is 0.429. The van der Waals surface area contributed by atoms with Crippen molar-refractivity contribution >= 4 is 38.8 Å². The molecule has 0 spiro atoms. The number of hydrogen-bond acceptors (Lipinski definition) is 3. The molecule has 0 saturated carbocycles. The Morgan fingerprint density at radius 2 is 2.10 bits per heavy atom. The largest absolute Gasteiger partial charge is 0.369 e. The van der Waals surface area contributed by atoms with Crippen LogP contribution in [0.2, 0.25) is 0 Å². The summed E-state index contributed by atoms with van der Waals surface area (Å²) in [5, 5.41) is 0. The van der Waals surface area contributed by atoms with Crippen molar-refractivity contribution in [1.29, 1.82) is 0 Å². The van der Waals surface area contributed by atoms with Gasteiger partial charge in [-0.2, -0.15) is 0 Å². The van der Waals surface area contributed by atoms with E-state index >= 15 is 0 Å². The number of halogens is 1. The molecule has 0 bridgehead atoms. The number of carbonyl (C=O) groups is 1. The van der Waals surface area contributed by atoms with Crippen molar-refractivity contribution in [2.45, 2.75) is 26.8 Å². The molecule has 0 aliphatic rings. The fourth-order valence-electron chi connectivity index (χ4n) is 2.29. The number of rotatable bonds is 5. The fourth-order valence-corrected chi connectivity index (χ4v) is 2.64. The Bertz CT molecular complexity index is 619. The second kappa shape index (κ2) is 6.26. The molecule has 5 nitrogen and oxygen atoms in total. The maximum atomic E-state index is 12.1. The predicted molar refractivity (Wildman–Crippen MR) is 84.4 cm³/mol. The van der Waals surface area contributed by atoms with Crippen LogP contribution in [0.4, 0.5) is 5.95 Å². The Balaban J connectivity index is 2.19. The number of nitrogens with two attached hydrogens (primary N) is 1. The normalized spacial score (nSPS) is 10.9. The number of hydrogen-bond donors (Lipinski definition) is 1. The standard InChI is InChI=1S/C14H19BrN4O/c1-3-18(4-2)13(20)7-8-19-12-9-10(15)5-6-11(12)17-14(19)16/h5-6,9H,3-4,7-8H2,1-2H3,(H2,16,17). The number of benzene rings is 1. The van der Waals surface area contributed by atoms with Gasteiger partial charge in [0.15, 0.2) is 0 Å². The molecule has 0 radical (unpaired) electrons. The minimum Gasteiger partial charge on any atom is -0.369 e. The van der Waals surface area contributed by atoms with Gasteiger partial charge in [0, 0.05) is 30.5 Å². The molecule has 1 aromatic heterocycles. The van der Waals surface area contributed by atoms with Gasteiger partial charge in [0.05, 0.1) is 11.0 Å². The van der Waals surface area contributed by atoms with Gasteiger partial charge in [-0.3, -0.25) is 4.79 Å². The van der Waals surface area contributed by atoms with E-state index in [0.717, 1.165) is 28.6 Å². The first-order chi connectivity index (χ1) is 9.56. The topological polar surface area (TPSA) is 64.2 Å². The van der Waals surface area contributed by atoms with E-state index in [4.69, 9.17) is 5.73 Å². The van der Waals surface area contributed by atoms with Crippen LogP contribution in [0.3, 0.4) is 0 Å². The summed E-state index contributed by atoms with van der Waals surface area (Å²) < 4.78 is 2.86. The zero-order chi connectivity index (χ0) is 14.7. The molecule has 0 unspecified atom stereocenters. The maximum absolute atomic E-state index is 12.1. The molecule has 0 atom stereocenters. The average molecular weight is 339 g/mol. The van der Waals surface area contributed by atoms with Gasteiger partial charge >= 0.3 is 0 Å². The van der Waals surface area contributed by atoms with Crippen LogP contribution in [0.5, 0.6) is 0 Å². The number of nitrogen functional groups attached to an aromatic ring is 1. The minimum absolute atomic E-state index is 0.145. The van der Waals surface area contributed by atoms with Gasteiger partial charge in [0.2, 0.25) is 11.9 Å². The number of anilines is 1. The summed E-state index contributed by atoms with van der Waals surface area (Å²) in [4.78, 5) is 18.2. The summed E-state index contributed by atoms with van der Waals surface area (Å²) in [6.07, 6.45) is 0.434. The Morgan fingerprint density at radius 3 is 2.75 bits per heavy atom. The number of amides is 1. The summed E-state index contributed by atoms with van der Waals surface area (Å²) in [6, 6.07) is 5.82. The smallest absolute Gasteiger partial charge is 0.224 e. The van der Waals surface area contributed by atoms with Gasteiger partial charge in [-0.1, -0.05) is 15.9 Å².